The number of benzene rings is 2. The number of aliphatic imine (C=N–C) groups is 1. The number of hydrogen-bond donors (Lipinski definition) is 2. The van der Waals surface area contributed by atoms with Gasteiger partial charge in [0.1, 0.15) is 23.0 Å². The molecule has 6 heteroatoms. The van der Waals surface area contributed by atoms with Crippen molar-refractivity contribution in [1.82, 2.24) is 10.6 Å². The van der Waals surface area contributed by atoms with Gasteiger partial charge in [-0.25, -0.2) is 0 Å². The predicted molar refractivity (Wildman–Crippen MR) is 97.8 cm³/mol. The van der Waals surface area contributed by atoms with E-state index in [1.165, 1.54) is 0 Å². The molecule has 132 valence electrons. The Hall–Kier alpha value is -2.89. The van der Waals surface area contributed by atoms with E-state index in [4.69, 9.17) is 14.2 Å². The second-order valence-electron chi connectivity index (χ2n) is 5.88. The molecule has 1 unspecified atom stereocenters. The van der Waals surface area contributed by atoms with Crippen LogP contribution in [0.2, 0.25) is 0 Å². The Morgan fingerprint density at radius 1 is 1.00 bits per heavy atom. The Balaban J connectivity index is 1.61. The minimum atomic E-state index is 0.401. The summed E-state index contributed by atoms with van der Waals surface area (Å²) in [5.41, 5.74) is 1.15. The van der Waals surface area contributed by atoms with Gasteiger partial charge in [-0.2, -0.15) is 0 Å². The molecular weight excluding hydrogens is 318 g/mol. The normalized spacial score (nSPS) is 16.0. The molecule has 0 saturated heterocycles. The van der Waals surface area contributed by atoms with E-state index in [-0.39, 0.29) is 0 Å². The van der Waals surface area contributed by atoms with Gasteiger partial charge in [0.05, 0.1) is 20.8 Å². The van der Waals surface area contributed by atoms with Crippen LogP contribution in [0.5, 0.6) is 23.0 Å². The van der Waals surface area contributed by atoms with Gasteiger partial charge in [0, 0.05) is 30.8 Å². The predicted octanol–water partition coefficient (Wildman–Crippen LogP) is 2.93. The monoisotopic (exact) mass is 341 g/mol. The smallest absolute Gasteiger partial charge is 0.191 e. The number of rotatable bonds is 6. The van der Waals surface area contributed by atoms with Crippen molar-refractivity contribution in [3.05, 3.63) is 48.0 Å². The van der Waals surface area contributed by atoms with Crippen molar-refractivity contribution in [3.8, 4) is 23.0 Å². The van der Waals surface area contributed by atoms with Gasteiger partial charge in [-0.3, -0.25) is 4.99 Å². The van der Waals surface area contributed by atoms with E-state index in [0.717, 1.165) is 23.8 Å². The summed E-state index contributed by atoms with van der Waals surface area (Å²) in [6, 6.07) is 13.8. The standard InChI is InChI=1S/C19H23N3O3/c1-13-11-20-19(22-13)21-12-14-4-6-15(7-5-14)25-18-9-16(23-2)8-17(10-18)24-3/h4-10,13H,11-12H2,1-3H3,(H2,20,21,22). The third-order valence-electron chi connectivity index (χ3n) is 3.85. The summed E-state index contributed by atoms with van der Waals surface area (Å²) in [6.07, 6.45) is 0. The average molecular weight is 341 g/mol. The number of guanidine groups is 1. The maximum Gasteiger partial charge on any atom is 0.191 e. The van der Waals surface area contributed by atoms with E-state index in [0.29, 0.717) is 29.8 Å². The largest absolute Gasteiger partial charge is 0.496 e. The molecule has 2 N–H and O–H groups in total. The lowest BCUT2D eigenvalue weighted by Gasteiger charge is -2.11. The summed E-state index contributed by atoms with van der Waals surface area (Å²) in [5.74, 6) is 3.66. The van der Waals surface area contributed by atoms with Crippen molar-refractivity contribution in [1.29, 1.82) is 0 Å². The Morgan fingerprint density at radius 2 is 1.64 bits per heavy atom. The van der Waals surface area contributed by atoms with Crippen LogP contribution >= 0.6 is 0 Å². The van der Waals surface area contributed by atoms with E-state index < -0.39 is 0 Å². The third kappa shape index (κ3) is 4.56. The second-order valence-corrected chi connectivity index (χ2v) is 5.88. The molecule has 0 bridgehead atoms. The minimum absolute atomic E-state index is 0.401. The Labute approximate surface area is 147 Å². The highest BCUT2D eigenvalue weighted by molar-refractivity contribution is 5.81. The van der Waals surface area contributed by atoms with E-state index in [2.05, 4.69) is 22.5 Å². The van der Waals surface area contributed by atoms with Gasteiger partial charge < -0.3 is 24.8 Å². The first-order chi connectivity index (χ1) is 12.2. The van der Waals surface area contributed by atoms with E-state index in [9.17, 15) is 0 Å². The zero-order valence-corrected chi connectivity index (χ0v) is 14.7. The lowest BCUT2D eigenvalue weighted by molar-refractivity contribution is 0.386. The van der Waals surface area contributed by atoms with Crippen LogP contribution in [0.4, 0.5) is 0 Å². The summed E-state index contributed by atoms with van der Waals surface area (Å²) >= 11 is 0. The molecule has 0 aliphatic carbocycles. The molecule has 0 aromatic heterocycles. The molecule has 0 spiro atoms. The molecule has 2 aromatic rings. The lowest BCUT2D eigenvalue weighted by atomic mass is 10.2. The van der Waals surface area contributed by atoms with Crippen LogP contribution in [0.25, 0.3) is 0 Å². The Bertz CT molecular complexity index is 722. The van der Waals surface area contributed by atoms with Gasteiger partial charge in [0.2, 0.25) is 0 Å². The quantitative estimate of drug-likeness (QED) is 0.846. The maximum absolute atomic E-state index is 5.89. The average Bonchev–Trinajstić information content (AvgIpc) is 3.06. The van der Waals surface area contributed by atoms with Crippen LogP contribution in [0.15, 0.2) is 47.5 Å². The van der Waals surface area contributed by atoms with E-state index in [1.807, 2.05) is 42.5 Å². The third-order valence-corrected chi connectivity index (χ3v) is 3.85. The van der Waals surface area contributed by atoms with Gasteiger partial charge in [-0.15, -0.1) is 0 Å². The van der Waals surface area contributed by atoms with Crippen LogP contribution in [0.1, 0.15) is 12.5 Å². The van der Waals surface area contributed by atoms with Crippen LogP contribution < -0.4 is 24.8 Å². The number of nitrogens with zero attached hydrogens (tertiary/aromatic N) is 1. The van der Waals surface area contributed by atoms with Gasteiger partial charge >= 0.3 is 0 Å². The minimum Gasteiger partial charge on any atom is -0.496 e. The summed E-state index contributed by atoms with van der Waals surface area (Å²) in [6.45, 7) is 3.64. The Morgan fingerprint density at radius 3 is 2.20 bits per heavy atom. The molecule has 0 amide bonds. The molecule has 1 heterocycles. The highest BCUT2D eigenvalue weighted by atomic mass is 16.5. The Kier molecular flexibility index (Phi) is 5.28. The SMILES string of the molecule is COc1cc(OC)cc(Oc2ccc(CNC3=NCC(C)N3)cc2)c1. The van der Waals surface area contributed by atoms with Crippen molar-refractivity contribution < 1.29 is 14.2 Å². The van der Waals surface area contributed by atoms with Crippen LogP contribution in [0.3, 0.4) is 0 Å². The maximum atomic E-state index is 5.89. The molecule has 0 radical (unpaired) electrons. The molecule has 0 fully saturated rings. The molecule has 3 rings (SSSR count). The summed E-state index contributed by atoms with van der Waals surface area (Å²) < 4.78 is 16.4. The fraction of sp³-hybridized carbons (Fsp3) is 0.316. The molecule has 25 heavy (non-hydrogen) atoms. The number of hydrogen-bond acceptors (Lipinski definition) is 6. The molecule has 6 nitrogen and oxygen atoms in total. The highest BCUT2D eigenvalue weighted by Crippen LogP contribution is 2.30. The fourth-order valence-electron chi connectivity index (χ4n) is 2.50. The van der Waals surface area contributed by atoms with Gasteiger partial charge in [0.25, 0.3) is 0 Å². The van der Waals surface area contributed by atoms with Crippen LogP contribution in [0, 0.1) is 0 Å². The number of nitrogens with one attached hydrogen (secondary N) is 2. The first-order valence-corrected chi connectivity index (χ1v) is 8.21. The van der Waals surface area contributed by atoms with E-state index in [1.54, 1.807) is 14.2 Å². The molecule has 1 aliphatic heterocycles. The molecule has 1 atom stereocenters. The summed E-state index contributed by atoms with van der Waals surface area (Å²) in [5, 5.41) is 6.57. The second kappa shape index (κ2) is 7.79. The fourth-order valence-corrected chi connectivity index (χ4v) is 2.50. The molecule has 2 aromatic carbocycles. The van der Waals surface area contributed by atoms with Crippen LogP contribution in [-0.4, -0.2) is 32.8 Å². The van der Waals surface area contributed by atoms with Gasteiger partial charge in [-0.1, -0.05) is 12.1 Å². The van der Waals surface area contributed by atoms with Gasteiger partial charge in [-0.05, 0) is 24.6 Å². The number of ether oxygens (including phenoxy) is 3. The first kappa shape index (κ1) is 17.0. The zero-order valence-electron chi connectivity index (χ0n) is 14.7. The molecular formula is C19H23N3O3. The molecule has 0 saturated carbocycles. The van der Waals surface area contributed by atoms with Gasteiger partial charge in [0.15, 0.2) is 5.96 Å². The first-order valence-electron chi connectivity index (χ1n) is 8.21. The van der Waals surface area contributed by atoms with Crippen molar-refractivity contribution in [2.45, 2.75) is 19.5 Å². The summed E-state index contributed by atoms with van der Waals surface area (Å²) in [7, 11) is 3.23. The number of methoxy groups -OCH3 is 2. The summed E-state index contributed by atoms with van der Waals surface area (Å²) in [4.78, 5) is 4.38. The van der Waals surface area contributed by atoms with Crippen LogP contribution in [-0.2, 0) is 6.54 Å². The topological polar surface area (TPSA) is 64.1 Å². The lowest BCUT2D eigenvalue weighted by Crippen LogP contribution is -2.37. The highest BCUT2D eigenvalue weighted by Gasteiger charge is 2.11. The van der Waals surface area contributed by atoms with Crippen molar-refractivity contribution in [3.63, 3.8) is 0 Å². The van der Waals surface area contributed by atoms with Crippen molar-refractivity contribution in [2.75, 3.05) is 20.8 Å². The molecule has 1 aliphatic rings. The van der Waals surface area contributed by atoms with Crippen molar-refractivity contribution in [2.24, 2.45) is 4.99 Å². The zero-order chi connectivity index (χ0) is 17.6. The van der Waals surface area contributed by atoms with Crippen molar-refractivity contribution >= 4 is 5.96 Å². The van der Waals surface area contributed by atoms with E-state index >= 15 is 0 Å².